The molecule has 2 rings (SSSR count). The van der Waals surface area contributed by atoms with Crippen molar-refractivity contribution in [2.75, 3.05) is 19.8 Å². The van der Waals surface area contributed by atoms with Gasteiger partial charge in [0, 0.05) is 12.6 Å². The molecule has 0 radical (unpaired) electrons. The third-order valence-electron chi connectivity index (χ3n) is 3.88. The van der Waals surface area contributed by atoms with Crippen LogP contribution in [0.25, 0.3) is 0 Å². The molecule has 0 bridgehead atoms. The summed E-state index contributed by atoms with van der Waals surface area (Å²) in [5, 5.41) is 0. The highest BCUT2D eigenvalue weighted by molar-refractivity contribution is 5.88. The van der Waals surface area contributed by atoms with E-state index in [1.807, 2.05) is 0 Å². The van der Waals surface area contributed by atoms with Crippen LogP contribution in [0.15, 0.2) is 0 Å². The fourth-order valence-corrected chi connectivity index (χ4v) is 2.78. The minimum absolute atomic E-state index is 0.0331. The molecule has 2 aliphatic rings. The molecule has 2 amide bonds. The normalized spacial score (nSPS) is 33.2. The molecular weight excluding hydrogens is 234 g/mol. The fraction of sp³-hybridized carbons (Fsp3) is 0.833. The van der Waals surface area contributed by atoms with Crippen LogP contribution < -0.4 is 11.5 Å². The lowest BCUT2D eigenvalue weighted by molar-refractivity contribution is -0.151. The average molecular weight is 255 g/mol. The van der Waals surface area contributed by atoms with E-state index < -0.39 is 11.9 Å². The van der Waals surface area contributed by atoms with Crippen molar-refractivity contribution in [3.8, 4) is 0 Å². The SMILES string of the molecule is NC(=O)C1COCCN1C(=O)C1CCCCC1N. The highest BCUT2D eigenvalue weighted by Gasteiger charge is 2.37. The van der Waals surface area contributed by atoms with Gasteiger partial charge in [-0.2, -0.15) is 0 Å². The molecule has 0 aromatic heterocycles. The second kappa shape index (κ2) is 5.67. The highest BCUT2D eigenvalue weighted by atomic mass is 16.5. The Morgan fingerprint density at radius 1 is 1.22 bits per heavy atom. The molecule has 0 aromatic carbocycles. The van der Waals surface area contributed by atoms with Crippen LogP contribution in [0, 0.1) is 5.92 Å². The van der Waals surface area contributed by atoms with E-state index in [9.17, 15) is 9.59 Å². The maximum atomic E-state index is 12.5. The maximum Gasteiger partial charge on any atom is 0.242 e. The van der Waals surface area contributed by atoms with Crippen molar-refractivity contribution in [2.45, 2.75) is 37.8 Å². The van der Waals surface area contributed by atoms with E-state index in [2.05, 4.69) is 0 Å². The first-order valence-electron chi connectivity index (χ1n) is 6.54. The average Bonchev–Trinajstić information content (AvgIpc) is 2.38. The molecule has 2 fully saturated rings. The second-order valence-corrected chi connectivity index (χ2v) is 5.08. The summed E-state index contributed by atoms with van der Waals surface area (Å²) in [6.07, 6.45) is 3.79. The number of amides is 2. The summed E-state index contributed by atoms with van der Waals surface area (Å²) in [7, 11) is 0. The Morgan fingerprint density at radius 3 is 2.61 bits per heavy atom. The van der Waals surface area contributed by atoms with Crippen LogP contribution in [-0.4, -0.2) is 48.6 Å². The van der Waals surface area contributed by atoms with Gasteiger partial charge in [-0.05, 0) is 12.8 Å². The zero-order chi connectivity index (χ0) is 13.1. The number of ether oxygens (including phenoxy) is 1. The highest BCUT2D eigenvalue weighted by Crippen LogP contribution is 2.26. The second-order valence-electron chi connectivity index (χ2n) is 5.08. The molecular formula is C12H21N3O3. The van der Waals surface area contributed by atoms with E-state index in [-0.39, 0.29) is 24.5 Å². The van der Waals surface area contributed by atoms with E-state index in [0.717, 1.165) is 25.7 Å². The number of nitrogens with zero attached hydrogens (tertiary/aromatic N) is 1. The zero-order valence-electron chi connectivity index (χ0n) is 10.5. The first-order valence-corrected chi connectivity index (χ1v) is 6.54. The van der Waals surface area contributed by atoms with Crippen molar-refractivity contribution in [3.05, 3.63) is 0 Å². The summed E-state index contributed by atoms with van der Waals surface area (Å²) in [5.74, 6) is -0.708. The summed E-state index contributed by atoms with van der Waals surface area (Å²) >= 11 is 0. The quantitative estimate of drug-likeness (QED) is 0.676. The number of carbonyl (C=O) groups is 2. The number of rotatable bonds is 2. The van der Waals surface area contributed by atoms with Gasteiger partial charge in [0.15, 0.2) is 0 Å². The van der Waals surface area contributed by atoms with E-state index in [1.54, 1.807) is 4.90 Å². The third-order valence-corrected chi connectivity index (χ3v) is 3.88. The Balaban J connectivity index is 2.07. The van der Waals surface area contributed by atoms with Gasteiger partial charge >= 0.3 is 0 Å². The summed E-state index contributed by atoms with van der Waals surface area (Å²) in [4.78, 5) is 25.4. The number of hydrogen-bond donors (Lipinski definition) is 2. The lowest BCUT2D eigenvalue weighted by atomic mass is 9.84. The van der Waals surface area contributed by atoms with Crippen LogP contribution in [-0.2, 0) is 14.3 Å². The molecule has 6 heteroatoms. The molecule has 3 unspecified atom stereocenters. The fourth-order valence-electron chi connectivity index (χ4n) is 2.78. The molecule has 1 heterocycles. The Labute approximate surface area is 107 Å². The molecule has 3 atom stereocenters. The molecule has 1 aliphatic carbocycles. The van der Waals surface area contributed by atoms with Gasteiger partial charge in [0.05, 0.1) is 19.1 Å². The van der Waals surface area contributed by atoms with Crippen molar-refractivity contribution < 1.29 is 14.3 Å². The minimum atomic E-state index is -0.639. The van der Waals surface area contributed by atoms with Gasteiger partial charge in [0.25, 0.3) is 0 Å². The number of nitrogens with two attached hydrogens (primary N) is 2. The van der Waals surface area contributed by atoms with Gasteiger partial charge < -0.3 is 21.1 Å². The maximum absolute atomic E-state index is 12.5. The third kappa shape index (κ3) is 2.64. The number of hydrogen-bond acceptors (Lipinski definition) is 4. The van der Waals surface area contributed by atoms with Gasteiger partial charge in [-0.15, -0.1) is 0 Å². The summed E-state index contributed by atoms with van der Waals surface area (Å²) < 4.78 is 5.21. The molecule has 6 nitrogen and oxygen atoms in total. The Morgan fingerprint density at radius 2 is 1.94 bits per heavy atom. The molecule has 4 N–H and O–H groups in total. The Bertz CT molecular complexity index is 335. The predicted octanol–water partition coefficient (Wildman–Crippen LogP) is -0.783. The standard InChI is InChI=1S/C12H21N3O3/c13-9-4-2-1-3-8(9)12(17)15-5-6-18-7-10(15)11(14)16/h8-10H,1-7,13H2,(H2,14,16). The minimum Gasteiger partial charge on any atom is -0.377 e. The molecule has 0 spiro atoms. The van der Waals surface area contributed by atoms with Crippen LogP contribution in [0.3, 0.4) is 0 Å². The first kappa shape index (κ1) is 13.3. The monoisotopic (exact) mass is 255 g/mol. The topological polar surface area (TPSA) is 98.7 Å². The molecule has 0 aromatic rings. The van der Waals surface area contributed by atoms with Gasteiger partial charge in [0.2, 0.25) is 11.8 Å². The number of primary amides is 1. The van der Waals surface area contributed by atoms with Crippen molar-refractivity contribution >= 4 is 11.8 Å². The van der Waals surface area contributed by atoms with Crippen molar-refractivity contribution in [1.29, 1.82) is 0 Å². The zero-order valence-corrected chi connectivity index (χ0v) is 10.5. The summed E-state index contributed by atoms with van der Waals surface area (Å²) in [6.45, 7) is 1.08. The lowest BCUT2D eigenvalue weighted by Gasteiger charge is -2.38. The molecule has 1 saturated heterocycles. The molecule has 1 aliphatic heterocycles. The predicted molar refractivity (Wildman–Crippen MR) is 65.4 cm³/mol. The van der Waals surface area contributed by atoms with Crippen LogP contribution in [0.4, 0.5) is 0 Å². The van der Waals surface area contributed by atoms with Gasteiger partial charge in [-0.1, -0.05) is 12.8 Å². The van der Waals surface area contributed by atoms with Gasteiger partial charge in [0.1, 0.15) is 6.04 Å². The number of carbonyl (C=O) groups excluding carboxylic acids is 2. The Kier molecular flexibility index (Phi) is 4.19. The smallest absolute Gasteiger partial charge is 0.242 e. The largest absolute Gasteiger partial charge is 0.377 e. The number of morpholine rings is 1. The molecule has 18 heavy (non-hydrogen) atoms. The van der Waals surface area contributed by atoms with Crippen LogP contribution in [0.5, 0.6) is 0 Å². The van der Waals surface area contributed by atoms with Gasteiger partial charge in [-0.25, -0.2) is 0 Å². The van der Waals surface area contributed by atoms with Crippen LogP contribution in [0.1, 0.15) is 25.7 Å². The molecule has 102 valence electrons. The summed E-state index contributed by atoms with van der Waals surface area (Å²) in [5.41, 5.74) is 11.3. The van der Waals surface area contributed by atoms with Crippen molar-refractivity contribution in [2.24, 2.45) is 17.4 Å². The van der Waals surface area contributed by atoms with Gasteiger partial charge in [-0.3, -0.25) is 9.59 Å². The van der Waals surface area contributed by atoms with Crippen molar-refractivity contribution in [1.82, 2.24) is 4.90 Å². The van der Waals surface area contributed by atoms with E-state index in [0.29, 0.717) is 13.2 Å². The summed E-state index contributed by atoms with van der Waals surface area (Å²) in [6, 6.07) is -0.733. The Hall–Kier alpha value is -1.14. The van der Waals surface area contributed by atoms with Crippen LogP contribution in [0.2, 0.25) is 0 Å². The van der Waals surface area contributed by atoms with E-state index in [1.165, 1.54) is 0 Å². The lowest BCUT2D eigenvalue weighted by Crippen LogP contribution is -2.58. The van der Waals surface area contributed by atoms with Crippen LogP contribution >= 0.6 is 0 Å². The van der Waals surface area contributed by atoms with E-state index >= 15 is 0 Å². The molecule has 1 saturated carbocycles. The van der Waals surface area contributed by atoms with Crippen molar-refractivity contribution in [3.63, 3.8) is 0 Å². The van der Waals surface area contributed by atoms with E-state index in [4.69, 9.17) is 16.2 Å². The first-order chi connectivity index (χ1) is 8.61.